The Morgan fingerprint density at radius 2 is 1.87 bits per heavy atom. The van der Waals surface area contributed by atoms with E-state index in [1.807, 2.05) is 24.3 Å². The largest absolute Gasteiger partial charge is 0.366 e. The molecule has 2 aromatic rings. The molecule has 1 amide bonds. The lowest BCUT2D eigenvalue weighted by molar-refractivity contribution is -0.0671. The van der Waals surface area contributed by atoms with E-state index in [2.05, 4.69) is 52.5 Å². The molecule has 4 rings (SSSR count). The van der Waals surface area contributed by atoms with Crippen LogP contribution in [0.5, 0.6) is 0 Å². The number of nitrogens with zero attached hydrogens (tertiary/aromatic N) is 2. The molecule has 2 aliphatic rings. The van der Waals surface area contributed by atoms with Gasteiger partial charge in [0.1, 0.15) is 6.79 Å². The van der Waals surface area contributed by atoms with Gasteiger partial charge in [-0.15, -0.1) is 0 Å². The molecule has 2 atom stereocenters. The summed E-state index contributed by atoms with van der Waals surface area (Å²) in [6.45, 7) is 3.20. The maximum atomic E-state index is 12.3. The monoisotopic (exact) mass is 423 g/mol. The van der Waals surface area contributed by atoms with Gasteiger partial charge in [0.25, 0.3) is 5.91 Å². The maximum absolute atomic E-state index is 12.3. The Morgan fingerprint density at radius 3 is 2.55 bits per heavy atom. The fourth-order valence-electron chi connectivity index (χ4n) is 4.16. The van der Waals surface area contributed by atoms with Gasteiger partial charge in [0.15, 0.2) is 0 Å². The predicted molar refractivity (Wildman–Crippen MR) is 122 cm³/mol. The van der Waals surface area contributed by atoms with Gasteiger partial charge in [0.05, 0.1) is 12.1 Å². The Bertz CT molecular complexity index is 839. The highest BCUT2D eigenvalue weighted by Gasteiger charge is 2.28. The normalized spacial score (nSPS) is 19.9. The molecule has 0 aromatic heterocycles. The van der Waals surface area contributed by atoms with E-state index in [1.54, 1.807) is 7.11 Å². The number of hydrogen-bond acceptors (Lipinski definition) is 5. The second-order valence-corrected chi connectivity index (χ2v) is 8.58. The van der Waals surface area contributed by atoms with Crippen molar-refractivity contribution in [2.75, 3.05) is 45.5 Å². The Balaban J connectivity index is 1.45. The van der Waals surface area contributed by atoms with Crippen molar-refractivity contribution in [1.82, 2.24) is 10.2 Å². The number of nitrogens with one attached hydrogen (secondary N) is 1. The van der Waals surface area contributed by atoms with Gasteiger partial charge in [-0.25, -0.2) is 0 Å². The molecule has 1 aliphatic carbocycles. The van der Waals surface area contributed by atoms with E-state index in [4.69, 9.17) is 9.47 Å². The third-order valence-corrected chi connectivity index (χ3v) is 6.18. The predicted octanol–water partition coefficient (Wildman–Crippen LogP) is 3.45. The molecule has 1 saturated heterocycles. The highest BCUT2D eigenvalue weighted by atomic mass is 16.7. The quantitative estimate of drug-likeness (QED) is 0.593. The van der Waals surface area contributed by atoms with E-state index >= 15 is 0 Å². The number of carbonyl (C=O) groups excluding carboxylic acids is 1. The average Bonchev–Trinajstić information content (AvgIpc) is 3.51. The molecule has 0 radical (unpaired) electrons. The Hall–Kier alpha value is -2.41. The van der Waals surface area contributed by atoms with Gasteiger partial charge in [-0.1, -0.05) is 30.3 Å². The summed E-state index contributed by atoms with van der Waals surface area (Å²) in [6, 6.07) is 19.1. The summed E-state index contributed by atoms with van der Waals surface area (Å²) in [6.07, 6.45) is 3.45. The van der Waals surface area contributed by atoms with Crippen molar-refractivity contribution in [2.45, 2.75) is 37.5 Å². The number of ether oxygens (including phenoxy) is 2. The maximum Gasteiger partial charge on any atom is 0.251 e. The zero-order chi connectivity index (χ0) is 21.6. The molecule has 2 fully saturated rings. The van der Waals surface area contributed by atoms with Crippen LogP contribution >= 0.6 is 0 Å². The second-order valence-electron chi connectivity index (χ2n) is 8.58. The molecular formula is C25H33N3O3. The number of methoxy groups -OCH3 is 1. The summed E-state index contributed by atoms with van der Waals surface area (Å²) < 4.78 is 10.8. The zero-order valence-corrected chi connectivity index (χ0v) is 18.5. The van der Waals surface area contributed by atoms with E-state index in [0.29, 0.717) is 12.8 Å². The molecule has 1 aliphatic heterocycles. The second kappa shape index (κ2) is 10.3. The summed E-state index contributed by atoms with van der Waals surface area (Å²) in [4.78, 5) is 17.1. The first-order valence-corrected chi connectivity index (χ1v) is 11.2. The number of carbonyl (C=O) groups is 1. The van der Waals surface area contributed by atoms with Gasteiger partial charge in [0, 0.05) is 51.1 Å². The molecule has 0 bridgehead atoms. The van der Waals surface area contributed by atoms with Crippen LogP contribution in [0.25, 0.3) is 0 Å². The van der Waals surface area contributed by atoms with Crippen molar-refractivity contribution < 1.29 is 14.3 Å². The first kappa shape index (κ1) is 21.8. The number of benzene rings is 2. The van der Waals surface area contributed by atoms with Crippen molar-refractivity contribution in [3.63, 3.8) is 0 Å². The third kappa shape index (κ3) is 5.85. The summed E-state index contributed by atoms with van der Waals surface area (Å²) >= 11 is 0. The van der Waals surface area contributed by atoms with E-state index in [0.717, 1.165) is 50.1 Å². The topological polar surface area (TPSA) is 54.0 Å². The Morgan fingerprint density at radius 1 is 1.13 bits per heavy atom. The van der Waals surface area contributed by atoms with Gasteiger partial charge < -0.3 is 19.7 Å². The van der Waals surface area contributed by atoms with Gasteiger partial charge in [0.2, 0.25) is 0 Å². The van der Waals surface area contributed by atoms with Crippen molar-refractivity contribution in [3.05, 3.63) is 65.7 Å². The molecule has 1 N–H and O–H groups in total. The summed E-state index contributed by atoms with van der Waals surface area (Å²) in [5.41, 5.74) is 3.10. The molecule has 31 heavy (non-hydrogen) atoms. The number of likely N-dealkylation sites (N-methyl/N-ethyl adjacent to an activating group) is 1. The lowest BCUT2D eigenvalue weighted by Gasteiger charge is -2.33. The van der Waals surface area contributed by atoms with Gasteiger partial charge in [-0.2, -0.15) is 0 Å². The van der Waals surface area contributed by atoms with Gasteiger partial charge >= 0.3 is 0 Å². The lowest BCUT2D eigenvalue weighted by Crippen LogP contribution is -2.36. The van der Waals surface area contributed by atoms with Crippen LogP contribution < -0.4 is 10.2 Å². The minimum Gasteiger partial charge on any atom is -0.366 e. The van der Waals surface area contributed by atoms with Crippen molar-refractivity contribution in [1.29, 1.82) is 0 Å². The molecule has 6 heteroatoms. The van der Waals surface area contributed by atoms with Gasteiger partial charge in [-0.3, -0.25) is 9.69 Å². The van der Waals surface area contributed by atoms with Crippen LogP contribution in [0.2, 0.25) is 0 Å². The highest BCUT2D eigenvalue weighted by Crippen LogP contribution is 2.28. The fourth-order valence-corrected chi connectivity index (χ4v) is 4.16. The highest BCUT2D eigenvalue weighted by molar-refractivity contribution is 5.94. The minimum atomic E-state index is 0.0236. The Kier molecular flexibility index (Phi) is 7.22. The number of amides is 1. The third-order valence-electron chi connectivity index (χ3n) is 6.18. The minimum absolute atomic E-state index is 0.0236. The summed E-state index contributed by atoms with van der Waals surface area (Å²) in [5.74, 6) is 0.0236. The molecule has 2 aromatic carbocycles. The summed E-state index contributed by atoms with van der Waals surface area (Å²) in [5, 5.41) is 3.05. The molecule has 1 saturated carbocycles. The summed E-state index contributed by atoms with van der Waals surface area (Å²) in [7, 11) is 3.79. The average molecular weight is 424 g/mol. The molecule has 2 unspecified atom stereocenters. The van der Waals surface area contributed by atoms with E-state index in [1.165, 1.54) is 5.56 Å². The van der Waals surface area contributed by atoms with E-state index in [-0.39, 0.29) is 18.1 Å². The van der Waals surface area contributed by atoms with Crippen LogP contribution in [0, 0.1) is 0 Å². The number of likely N-dealkylation sites (tertiary alicyclic amines) is 1. The fraction of sp³-hybridized carbons (Fsp3) is 0.480. The van der Waals surface area contributed by atoms with Crippen LogP contribution in [0.1, 0.15) is 41.2 Å². The lowest BCUT2D eigenvalue weighted by atomic mass is 10.0. The van der Waals surface area contributed by atoms with E-state index < -0.39 is 0 Å². The number of rotatable bonds is 10. The zero-order valence-electron chi connectivity index (χ0n) is 18.5. The number of anilines is 1. The number of hydrogen-bond donors (Lipinski definition) is 1. The molecule has 6 nitrogen and oxygen atoms in total. The SMILES string of the molecule is COCOC1CCN(CC(c2ccccc2)N(C)c2ccc(C(=O)NC3CC3)cc2)C1. The van der Waals surface area contributed by atoms with Crippen LogP contribution in [-0.4, -0.2) is 63.5 Å². The Labute approximate surface area is 185 Å². The first-order chi connectivity index (χ1) is 15.1. The molecular weight excluding hydrogens is 390 g/mol. The van der Waals surface area contributed by atoms with Crippen LogP contribution in [-0.2, 0) is 9.47 Å². The van der Waals surface area contributed by atoms with Crippen LogP contribution in [0.15, 0.2) is 54.6 Å². The first-order valence-electron chi connectivity index (χ1n) is 11.2. The molecule has 1 heterocycles. The molecule has 166 valence electrons. The van der Waals surface area contributed by atoms with E-state index in [9.17, 15) is 4.79 Å². The van der Waals surface area contributed by atoms with Crippen molar-refractivity contribution in [2.24, 2.45) is 0 Å². The van der Waals surface area contributed by atoms with Crippen molar-refractivity contribution >= 4 is 11.6 Å². The smallest absolute Gasteiger partial charge is 0.251 e. The van der Waals surface area contributed by atoms with Crippen LogP contribution in [0.3, 0.4) is 0 Å². The molecule has 0 spiro atoms. The van der Waals surface area contributed by atoms with Crippen molar-refractivity contribution in [3.8, 4) is 0 Å². The van der Waals surface area contributed by atoms with Crippen LogP contribution in [0.4, 0.5) is 5.69 Å². The standard InChI is InChI=1S/C25H33N3O3/c1-27(22-12-8-20(9-13-22)25(29)26-21-10-11-21)24(19-6-4-3-5-7-19)17-28-15-14-23(16-28)31-18-30-2/h3-9,12-13,21,23-24H,10-11,14-18H2,1-2H3,(H,26,29). The van der Waals surface area contributed by atoms with Gasteiger partial charge in [-0.05, 0) is 49.1 Å².